The highest BCUT2D eigenvalue weighted by Gasteiger charge is 2.32. The fraction of sp³-hybridized carbons (Fsp3) is 0.333. The van der Waals surface area contributed by atoms with Gasteiger partial charge in [-0.2, -0.15) is 26.3 Å². The number of nitrogens with zero attached hydrogens (tertiary/aromatic N) is 2. The van der Waals surface area contributed by atoms with Crippen molar-refractivity contribution in [1.29, 1.82) is 0 Å². The zero-order valence-corrected chi connectivity index (χ0v) is 23.5. The summed E-state index contributed by atoms with van der Waals surface area (Å²) in [5, 5.41) is 5.05. The third-order valence-corrected chi connectivity index (χ3v) is 6.79. The second kappa shape index (κ2) is 13.2. The standard InChI is InChI=1S/C30H32F6N4O2/c1-5-19(3)39(27(41)37-23-11-7-9-21(17-23)29(31,32)33)25-13-15-26(16-14-25)40(20(4)6-2)28(42)38-24-12-8-10-22(18-24)30(34,35)36/h7-20H,5-6H2,1-4H3,(H,37,41)(H,38,42). The molecule has 0 saturated carbocycles. The predicted octanol–water partition coefficient (Wildman–Crippen LogP) is 9.40. The Bertz CT molecular complexity index is 1270. The van der Waals surface area contributed by atoms with Gasteiger partial charge in [0, 0.05) is 34.8 Å². The Morgan fingerprint density at radius 2 is 0.976 bits per heavy atom. The van der Waals surface area contributed by atoms with Gasteiger partial charge in [-0.05, 0) is 87.4 Å². The molecule has 2 atom stereocenters. The largest absolute Gasteiger partial charge is 0.416 e. The van der Waals surface area contributed by atoms with Gasteiger partial charge in [-0.3, -0.25) is 9.80 Å². The van der Waals surface area contributed by atoms with Crippen LogP contribution in [0.4, 0.5) is 58.7 Å². The van der Waals surface area contributed by atoms with Crippen LogP contribution in [0.2, 0.25) is 0 Å². The predicted molar refractivity (Wildman–Crippen MR) is 152 cm³/mol. The number of amides is 4. The number of anilines is 4. The Balaban J connectivity index is 1.87. The number of benzene rings is 3. The molecule has 0 heterocycles. The number of nitrogens with one attached hydrogen (secondary N) is 2. The number of rotatable bonds is 8. The smallest absolute Gasteiger partial charge is 0.308 e. The Morgan fingerprint density at radius 3 is 1.26 bits per heavy atom. The summed E-state index contributed by atoms with van der Waals surface area (Å²) < 4.78 is 78.8. The highest BCUT2D eigenvalue weighted by Crippen LogP contribution is 2.33. The summed E-state index contributed by atoms with van der Waals surface area (Å²) in [5.74, 6) is 0. The lowest BCUT2D eigenvalue weighted by molar-refractivity contribution is -0.138. The van der Waals surface area contributed by atoms with Crippen LogP contribution in [0.25, 0.3) is 0 Å². The van der Waals surface area contributed by atoms with Gasteiger partial charge in [0.2, 0.25) is 0 Å². The SMILES string of the molecule is CCC(C)N(C(=O)Nc1cccc(C(F)(F)F)c1)c1ccc(N(C(=O)Nc2cccc(C(F)(F)F)c2)C(C)CC)cc1. The maximum absolute atomic E-state index is 13.2. The quantitative estimate of drug-likeness (QED) is 0.255. The first-order chi connectivity index (χ1) is 19.6. The Hall–Kier alpha value is -4.22. The van der Waals surface area contributed by atoms with Gasteiger partial charge in [-0.15, -0.1) is 0 Å². The molecule has 0 radical (unpaired) electrons. The van der Waals surface area contributed by atoms with Gasteiger partial charge in [0.1, 0.15) is 0 Å². The minimum Gasteiger partial charge on any atom is -0.308 e. The van der Waals surface area contributed by atoms with Crippen molar-refractivity contribution in [2.75, 3.05) is 20.4 Å². The van der Waals surface area contributed by atoms with E-state index in [4.69, 9.17) is 0 Å². The molecule has 3 aromatic rings. The van der Waals surface area contributed by atoms with Gasteiger partial charge in [-0.25, -0.2) is 9.59 Å². The number of urea groups is 2. The lowest BCUT2D eigenvalue weighted by atomic mass is 10.1. The Kier molecular flexibility index (Phi) is 10.1. The van der Waals surface area contributed by atoms with Crippen LogP contribution in [0.15, 0.2) is 72.8 Å². The summed E-state index contributed by atoms with van der Waals surface area (Å²) in [4.78, 5) is 29.3. The molecular weight excluding hydrogens is 562 g/mol. The molecule has 42 heavy (non-hydrogen) atoms. The topological polar surface area (TPSA) is 64.7 Å². The first-order valence-electron chi connectivity index (χ1n) is 13.3. The normalized spacial score (nSPS) is 13.2. The molecule has 0 fully saturated rings. The molecule has 3 rings (SSSR count). The molecule has 0 aliphatic carbocycles. The molecular formula is C30H32F6N4O2. The van der Waals surface area contributed by atoms with E-state index >= 15 is 0 Å². The van der Waals surface area contributed by atoms with Crippen molar-refractivity contribution >= 4 is 34.8 Å². The van der Waals surface area contributed by atoms with Crippen LogP contribution >= 0.6 is 0 Å². The molecule has 0 aliphatic heterocycles. The first-order valence-corrected chi connectivity index (χ1v) is 13.3. The molecule has 4 amide bonds. The molecule has 0 spiro atoms. The maximum atomic E-state index is 13.2. The van der Waals surface area contributed by atoms with Gasteiger partial charge in [0.15, 0.2) is 0 Å². The Morgan fingerprint density at radius 1 is 0.643 bits per heavy atom. The summed E-state index contributed by atoms with van der Waals surface area (Å²) in [5.41, 5.74) is -0.968. The number of halogens is 6. The van der Waals surface area contributed by atoms with Crippen molar-refractivity contribution in [3.05, 3.63) is 83.9 Å². The molecule has 12 heteroatoms. The van der Waals surface area contributed by atoms with Crippen molar-refractivity contribution < 1.29 is 35.9 Å². The average Bonchev–Trinajstić information content (AvgIpc) is 2.93. The van der Waals surface area contributed by atoms with E-state index in [-0.39, 0.29) is 23.5 Å². The minimum absolute atomic E-state index is 0.0195. The third-order valence-electron chi connectivity index (χ3n) is 6.79. The Labute approximate surface area is 240 Å². The average molecular weight is 595 g/mol. The minimum atomic E-state index is -4.57. The molecule has 0 aliphatic rings. The fourth-order valence-electron chi connectivity index (χ4n) is 4.20. The number of hydrogen-bond acceptors (Lipinski definition) is 2. The van der Waals surface area contributed by atoms with Crippen LogP contribution in [0, 0.1) is 0 Å². The van der Waals surface area contributed by atoms with E-state index in [9.17, 15) is 35.9 Å². The van der Waals surface area contributed by atoms with E-state index < -0.39 is 35.5 Å². The summed E-state index contributed by atoms with van der Waals surface area (Å²) in [6.07, 6.45) is -8.06. The highest BCUT2D eigenvalue weighted by atomic mass is 19.4. The number of hydrogen-bond donors (Lipinski definition) is 2. The van der Waals surface area contributed by atoms with Crippen LogP contribution in [0.1, 0.15) is 51.7 Å². The number of carbonyl (C=O) groups excluding carboxylic acids is 2. The zero-order valence-electron chi connectivity index (χ0n) is 23.5. The van der Waals surface area contributed by atoms with Crippen LogP contribution in [0.5, 0.6) is 0 Å². The van der Waals surface area contributed by atoms with Crippen molar-refractivity contribution in [3.63, 3.8) is 0 Å². The van der Waals surface area contributed by atoms with Gasteiger partial charge in [0.05, 0.1) is 11.1 Å². The van der Waals surface area contributed by atoms with E-state index in [1.165, 1.54) is 34.1 Å². The summed E-state index contributed by atoms with van der Waals surface area (Å²) >= 11 is 0. The molecule has 0 bridgehead atoms. The molecule has 0 aromatic heterocycles. The highest BCUT2D eigenvalue weighted by molar-refractivity contribution is 6.04. The van der Waals surface area contributed by atoms with Crippen molar-refractivity contribution in [2.24, 2.45) is 0 Å². The lowest BCUT2D eigenvalue weighted by Crippen LogP contribution is -2.42. The van der Waals surface area contributed by atoms with Gasteiger partial charge >= 0.3 is 24.4 Å². The summed E-state index contributed by atoms with van der Waals surface area (Å²) in [6.45, 7) is 7.28. The fourth-order valence-corrected chi connectivity index (χ4v) is 4.20. The van der Waals surface area contributed by atoms with Gasteiger partial charge in [-0.1, -0.05) is 26.0 Å². The molecule has 6 nitrogen and oxygen atoms in total. The van der Waals surface area contributed by atoms with Crippen LogP contribution in [-0.2, 0) is 12.4 Å². The van der Waals surface area contributed by atoms with E-state index in [0.29, 0.717) is 24.2 Å². The number of alkyl halides is 6. The second-order valence-electron chi connectivity index (χ2n) is 9.79. The van der Waals surface area contributed by atoms with Gasteiger partial charge in [0.25, 0.3) is 0 Å². The second-order valence-corrected chi connectivity index (χ2v) is 9.79. The molecule has 2 N–H and O–H groups in total. The molecule has 3 aromatic carbocycles. The van der Waals surface area contributed by atoms with E-state index in [1.54, 1.807) is 38.1 Å². The van der Waals surface area contributed by atoms with Crippen LogP contribution in [0.3, 0.4) is 0 Å². The van der Waals surface area contributed by atoms with E-state index in [2.05, 4.69) is 10.6 Å². The van der Waals surface area contributed by atoms with Crippen LogP contribution in [-0.4, -0.2) is 24.1 Å². The van der Waals surface area contributed by atoms with Crippen molar-refractivity contribution in [1.82, 2.24) is 0 Å². The number of carbonyl (C=O) groups is 2. The maximum Gasteiger partial charge on any atom is 0.416 e. The lowest BCUT2D eigenvalue weighted by Gasteiger charge is -2.31. The zero-order chi connectivity index (χ0) is 31.2. The summed E-state index contributed by atoms with van der Waals surface area (Å²) in [7, 11) is 0. The van der Waals surface area contributed by atoms with Crippen molar-refractivity contribution in [3.8, 4) is 0 Å². The van der Waals surface area contributed by atoms with Crippen molar-refractivity contribution in [2.45, 2.75) is 65.0 Å². The van der Waals surface area contributed by atoms with Gasteiger partial charge < -0.3 is 10.6 Å². The molecule has 226 valence electrons. The molecule has 2 unspecified atom stereocenters. The van der Waals surface area contributed by atoms with Crippen LogP contribution < -0.4 is 20.4 Å². The first kappa shape index (κ1) is 32.3. The summed E-state index contributed by atoms with van der Waals surface area (Å²) in [6, 6.07) is 13.1. The third kappa shape index (κ3) is 7.95. The van der Waals surface area contributed by atoms with E-state index in [0.717, 1.165) is 24.3 Å². The van der Waals surface area contributed by atoms with E-state index in [1.807, 2.05) is 13.8 Å². The monoisotopic (exact) mass is 594 g/mol. The molecule has 0 saturated heterocycles.